The number of ether oxygens (including phenoxy) is 1. The smallest absolute Gasteiger partial charge is 0.334 e. The van der Waals surface area contributed by atoms with Crippen LogP contribution in [0.4, 0.5) is 0 Å². The first-order valence-electron chi connectivity index (χ1n) is 5.55. The Balaban J connectivity index is 2.22. The zero-order valence-corrected chi connectivity index (χ0v) is 10.8. The summed E-state index contributed by atoms with van der Waals surface area (Å²) in [6, 6.07) is 6.75. The first kappa shape index (κ1) is 15.3. The lowest BCUT2D eigenvalue weighted by molar-refractivity contribution is -0.146. The topological polar surface area (TPSA) is 95.9 Å². The number of hydrogen-bond donors (Lipinski definition) is 3. The molecule has 0 aromatic heterocycles. The highest BCUT2D eigenvalue weighted by molar-refractivity contribution is 6.30. The number of benzene rings is 1. The van der Waals surface area contributed by atoms with Gasteiger partial charge >= 0.3 is 5.97 Å². The van der Waals surface area contributed by atoms with Gasteiger partial charge in [0.2, 0.25) is 5.91 Å². The number of aliphatic hydroxyl groups is 1. The summed E-state index contributed by atoms with van der Waals surface area (Å²) in [6.45, 7) is -0.194. The second-order valence-electron chi connectivity index (χ2n) is 3.71. The van der Waals surface area contributed by atoms with Gasteiger partial charge in [-0.3, -0.25) is 4.79 Å². The van der Waals surface area contributed by atoms with E-state index in [-0.39, 0.29) is 19.6 Å². The maximum atomic E-state index is 11.3. The van der Waals surface area contributed by atoms with Crippen molar-refractivity contribution in [3.63, 3.8) is 0 Å². The minimum atomic E-state index is -1.60. The van der Waals surface area contributed by atoms with E-state index in [1.165, 1.54) is 0 Å². The molecule has 1 aromatic carbocycles. The van der Waals surface area contributed by atoms with Crippen LogP contribution < -0.4 is 10.1 Å². The lowest BCUT2D eigenvalue weighted by Gasteiger charge is -2.09. The molecule has 1 aromatic rings. The highest BCUT2D eigenvalue weighted by Gasteiger charge is 2.13. The minimum Gasteiger partial charge on any atom is -0.493 e. The Labute approximate surface area is 114 Å². The fourth-order valence-corrected chi connectivity index (χ4v) is 1.38. The van der Waals surface area contributed by atoms with Crippen molar-refractivity contribution < 1.29 is 24.5 Å². The van der Waals surface area contributed by atoms with Gasteiger partial charge in [-0.1, -0.05) is 17.7 Å². The fraction of sp³-hybridized carbons (Fsp3) is 0.333. The Morgan fingerprint density at radius 3 is 2.79 bits per heavy atom. The number of aliphatic carboxylic acids is 1. The summed E-state index contributed by atoms with van der Waals surface area (Å²) in [5.41, 5.74) is 0. The largest absolute Gasteiger partial charge is 0.493 e. The first-order valence-corrected chi connectivity index (χ1v) is 5.93. The van der Waals surface area contributed by atoms with E-state index in [0.29, 0.717) is 10.8 Å². The predicted molar refractivity (Wildman–Crippen MR) is 68.2 cm³/mol. The molecular weight excluding hydrogens is 274 g/mol. The summed E-state index contributed by atoms with van der Waals surface area (Å²) >= 11 is 5.76. The van der Waals surface area contributed by atoms with Crippen molar-refractivity contribution in [2.24, 2.45) is 0 Å². The van der Waals surface area contributed by atoms with Gasteiger partial charge in [-0.25, -0.2) is 4.79 Å². The van der Waals surface area contributed by atoms with Crippen LogP contribution in [0.25, 0.3) is 0 Å². The highest BCUT2D eigenvalue weighted by Crippen LogP contribution is 2.16. The van der Waals surface area contributed by atoms with Crippen molar-refractivity contribution in [3.8, 4) is 5.75 Å². The lowest BCUT2D eigenvalue weighted by Crippen LogP contribution is -2.36. The summed E-state index contributed by atoms with van der Waals surface area (Å²) < 4.78 is 5.29. The number of carboxylic acids is 1. The van der Waals surface area contributed by atoms with Gasteiger partial charge in [-0.2, -0.15) is 0 Å². The maximum Gasteiger partial charge on any atom is 0.334 e. The monoisotopic (exact) mass is 287 g/mol. The molecule has 0 bridgehead atoms. The fourth-order valence-electron chi connectivity index (χ4n) is 1.20. The van der Waals surface area contributed by atoms with Crippen molar-refractivity contribution in [1.29, 1.82) is 0 Å². The molecule has 0 saturated heterocycles. The third kappa shape index (κ3) is 6.08. The molecule has 3 N–H and O–H groups in total. The average Bonchev–Trinajstić information content (AvgIpc) is 2.36. The molecule has 0 unspecified atom stereocenters. The van der Waals surface area contributed by atoms with Crippen LogP contribution >= 0.6 is 11.6 Å². The molecule has 0 spiro atoms. The molecule has 0 radical (unpaired) electrons. The van der Waals surface area contributed by atoms with E-state index < -0.39 is 18.0 Å². The van der Waals surface area contributed by atoms with Crippen LogP contribution in [0.3, 0.4) is 0 Å². The summed E-state index contributed by atoms with van der Waals surface area (Å²) in [4.78, 5) is 21.6. The molecule has 7 heteroatoms. The van der Waals surface area contributed by atoms with Gasteiger partial charge in [0.15, 0.2) is 6.10 Å². The van der Waals surface area contributed by atoms with Crippen LogP contribution in [0.15, 0.2) is 24.3 Å². The van der Waals surface area contributed by atoms with Crippen LogP contribution in [0, 0.1) is 0 Å². The van der Waals surface area contributed by atoms with Gasteiger partial charge in [-0.15, -0.1) is 0 Å². The van der Waals surface area contributed by atoms with Crippen molar-refractivity contribution in [3.05, 3.63) is 29.3 Å². The highest BCUT2D eigenvalue weighted by atomic mass is 35.5. The molecule has 0 aliphatic heterocycles. The number of carbonyl (C=O) groups excluding carboxylic acids is 1. The predicted octanol–water partition coefficient (Wildman–Crippen LogP) is 0.671. The second kappa shape index (κ2) is 7.60. The van der Waals surface area contributed by atoms with Crippen molar-refractivity contribution >= 4 is 23.5 Å². The average molecular weight is 288 g/mol. The van der Waals surface area contributed by atoms with Gasteiger partial charge in [0.25, 0.3) is 0 Å². The van der Waals surface area contributed by atoms with E-state index in [9.17, 15) is 9.59 Å². The van der Waals surface area contributed by atoms with Gasteiger partial charge in [0.1, 0.15) is 5.75 Å². The molecule has 1 rings (SSSR count). The second-order valence-corrected chi connectivity index (χ2v) is 4.15. The molecule has 1 amide bonds. The zero-order chi connectivity index (χ0) is 14.3. The number of halogens is 1. The molecule has 0 aliphatic rings. The van der Waals surface area contributed by atoms with Crippen LogP contribution in [-0.4, -0.2) is 41.3 Å². The molecule has 19 heavy (non-hydrogen) atoms. The van der Waals surface area contributed by atoms with Crippen LogP contribution in [-0.2, 0) is 9.59 Å². The summed E-state index contributed by atoms with van der Waals surface area (Å²) in [5.74, 6) is -1.23. The van der Waals surface area contributed by atoms with E-state index >= 15 is 0 Å². The molecule has 0 saturated carbocycles. The van der Waals surface area contributed by atoms with Crippen LogP contribution in [0.2, 0.25) is 5.02 Å². The molecule has 1 atom stereocenters. The Morgan fingerprint density at radius 2 is 2.16 bits per heavy atom. The van der Waals surface area contributed by atoms with Crippen molar-refractivity contribution in [1.82, 2.24) is 5.32 Å². The number of carboxylic acid groups (broad SMARTS) is 1. The SMILES string of the molecule is O=C(CCOc1cccc(Cl)c1)NC[C@H](O)C(=O)O. The molecule has 0 fully saturated rings. The Kier molecular flexibility index (Phi) is 6.11. The Morgan fingerprint density at radius 1 is 1.42 bits per heavy atom. The normalized spacial score (nSPS) is 11.7. The maximum absolute atomic E-state index is 11.3. The number of rotatable bonds is 7. The lowest BCUT2D eigenvalue weighted by atomic mass is 10.3. The van der Waals surface area contributed by atoms with E-state index in [1.807, 2.05) is 0 Å². The first-order chi connectivity index (χ1) is 8.99. The molecule has 0 aliphatic carbocycles. The van der Waals surface area contributed by atoms with E-state index in [2.05, 4.69) is 5.32 Å². The van der Waals surface area contributed by atoms with Crippen molar-refractivity contribution in [2.75, 3.05) is 13.2 Å². The van der Waals surface area contributed by atoms with Gasteiger partial charge < -0.3 is 20.3 Å². The number of nitrogens with one attached hydrogen (secondary N) is 1. The molecule has 0 heterocycles. The third-order valence-corrected chi connectivity index (χ3v) is 2.41. The number of amides is 1. The van der Waals surface area contributed by atoms with E-state index in [4.69, 9.17) is 26.6 Å². The molecule has 104 valence electrons. The molecular formula is C12H14ClNO5. The molecule has 6 nitrogen and oxygen atoms in total. The van der Waals surface area contributed by atoms with Gasteiger partial charge in [-0.05, 0) is 18.2 Å². The quantitative estimate of drug-likeness (QED) is 0.685. The van der Waals surface area contributed by atoms with E-state index in [0.717, 1.165) is 0 Å². The Hall–Kier alpha value is -1.79. The summed E-state index contributed by atoms with van der Waals surface area (Å²) in [6.07, 6.45) is -1.54. The minimum absolute atomic E-state index is 0.0544. The number of carbonyl (C=O) groups is 2. The van der Waals surface area contributed by atoms with Crippen LogP contribution in [0.1, 0.15) is 6.42 Å². The van der Waals surface area contributed by atoms with Gasteiger partial charge in [0, 0.05) is 5.02 Å². The van der Waals surface area contributed by atoms with Crippen molar-refractivity contribution in [2.45, 2.75) is 12.5 Å². The van der Waals surface area contributed by atoms with Gasteiger partial charge in [0.05, 0.1) is 19.6 Å². The standard InChI is InChI=1S/C12H14ClNO5/c13-8-2-1-3-9(6-8)19-5-4-11(16)14-7-10(15)12(17)18/h1-3,6,10,15H,4-5,7H2,(H,14,16)(H,17,18)/t10-/m0/s1. The third-order valence-electron chi connectivity index (χ3n) is 2.17. The Bertz CT molecular complexity index is 452. The number of hydrogen-bond acceptors (Lipinski definition) is 4. The summed E-state index contributed by atoms with van der Waals surface area (Å²) in [5, 5.41) is 20.2. The van der Waals surface area contributed by atoms with Crippen LogP contribution in [0.5, 0.6) is 5.75 Å². The zero-order valence-electron chi connectivity index (χ0n) is 10.0. The summed E-state index contributed by atoms with van der Waals surface area (Å²) in [7, 11) is 0. The number of aliphatic hydroxyl groups excluding tert-OH is 1. The van der Waals surface area contributed by atoms with E-state index in [1.54, 1.807) is 24.3 Å².